The van der Waals surface area contributed by atoms with Crippen LogP contribution in [0, 0.1) is 0 Å². The molecular weight excluding hydrogens is 260 g/mol. The van der Waals surface area contributed by atoms with Crippen molar-refractivity contribution in [1.29, 1.82) is 0 Å². The van der Waals surface area contributed by atoms with E-state index in [9.17, 15) is 5.11 Å². The Hall–Kier alpha value is -2.16. The molecule has 0 radical (unpaired) electrons. The minimum atomic E-state index is 0.283. The fourth-order valence-electron chi connectivity index (χ4n) is 2.99. The number of nitrogens with one attached hydrogen (secondary N) is 1. The molecule has 3 nitrogen and oxygen atoms in total. The van der Waals surface area contributed by atoms with E-state index < -0.39 is 0 Å². The third-order valence-electron chi connectivity index (χ3n) is 4.17. The molecule has 1 aliphatic rings. The lowest BCUT2D eigenvalue weighted by Gasteiger charge is -2.27. The van der Waals surface area contributed by atoms with Crippen molar-refractivity contribution in [3.05, 3.63) is 53.6 Å². The van der Waals surface area contributed by atoms with E-state index in [2.05, 4.69) is 34.5 Å². The van der Waals surface area contributed by atoms with Crippen LogP contribution in [-0.4, -0.2) is 19.2 Å². The Morgan fingerprint density at radius 1 is 1.10 bits per heavy atom. The van der Waals surface area contributed by atoms with Crippen molar-refractivity contribution >= 4 is 11.4 Å². The molecule has 0 saturated carbocycles. The predicted octanol–water partition coefficient (Wildman–Crippen LogP) is 3.95. The van der Waals surface area contributed by atoms with Gasteiger partial charge in [-0.3, -0.25) is 0 Å². The number of benzene rings is 2. The Kier molecular flexibility index (Phi) is 3.74. The summed E-state index contributed by atoms with van der Waals surface area (Å²) in [5.41, 5.74) is 4.91. The Balaban J connectivity index is 1.81. The number of nitrogens with zero attached hydrogens (tertiary/aromatic N) is 1. The van der Waals surface area contributed by atoms with E-state index in [1.807, 2.05) is 26.2 Å². The molecule has 0 spiro atoms. The van der Waals surface area contributed by atoms with Gasteiger partial charge < -0.3 is 15.3 Å². The quantitative estimate of drug-likeness (QED) is 0.895. The van der Waals surface area contributed by atoms with Crippen molar-refractivity contribution in [2.45, 2.75) is 25.3 Å². The molecule has 1 atom stereocenters. The smallest absolute Gasteiger partial charge is 0.115 e. The van der Waals surface area contributed by atoms with E-state index in [0.29, 0.717) is 5.75 Å². The van der Waals surface area contributed by atoms with Gasteiger partial charge in [-0.2, -0.15) is 0 Å². The van der Waals surface area contributed by atoms with Gasteiger partial charge in [0.1, 0.15) is 5.75 Å². The van der Waals surface area contributed by atoms with Crippen LogP contribution in [0.15, 0.2) is 42.5 Å². The second-order valence-corrected chi connectivity index (χ2v) is 5.91. The minimum absolute atomic E-state index is 0.283. The first-order chi connectivity index (χ1) is 10.1. The standard InChI is InChI=1S/C18H22N2O/c1-20(2)15-9-7-14(8-10-15)19-18-5-3-4-13-6-11-16(21)12-17(13)18/h6-12,18-19,21H,3-5H2,1-2H3. The Morgan fingerprint density at radius 3 is 2.57 bits per heavy atom. The van der Waals surface area contributed by atoms with Crippen molar-refractivity contribution < 1.29 is 5.11 Å². The van der Waals surface area contributed by atoms with Gasteiger partial charge in [-0.05, 0) is 66.8 Å². The summed E-state index contributed by atoms with van der Waals surface area (Å²) < 4.78 is 0. The molecule has 110 valence electrons. The zero-order chi connectivity index (χ0) is 14.8. The largest absolute Gasteiger partial charge is 0.508 e. The van der Waals surface area contributed by atoms with Gasteiger partial charge in [0.05, 0.1) is 6.04 Å². The van der Waals surface area contributed by atoms with Gasteiger partial charge in [0, 0.05) is 25.5 Å². The number of phenolic OH excluding ortho intramolecular Hbond substituents is 1. The number of fused-ring (bicyclic) bond motifs is 1. The molecule has 1 aliphatic carbocycles. The molecule has 1 unspecified atom stereocenters. The molecule has 0 saturated heterocycles. The molecular formula is C18H22N2O. The van der Waals surface area contributed by atoms with Gasteiger partial charge in [0.2, 0.25) is 0 Å². The average Bonchev–Trinajstić information content (AvgIpc) is 2.48. The van der Waals surface area contributed by atoms with E-state index in [-0.39, 0.29) is 6.04 Å². The molecule has 2 aromatic carbocycles. The van der Waals surface area contributed by atoms with Crippen LogP contribution in [0.5, 0.6) is 5.75 Å². The second kappa shape index (κ2) is 5.68. The summed E-state index contributed by atoms with van der Waals surface area (Å²) in [7, 11) is 4.09. The summed E-state index contributed by atoms with van der Waals surface area (Å²) in [5.74, 6) is 0.352. The predicted molar refractivity (Wildman–Crippen MR) is 88.2 cm³/mol. The molecule has 21 heavy (non-hydrogen) atoms. The number of aromatic hydroxyl groups is 1. The lowest BCUT2D eigenvalue weighted by molar-refractivity contribution is 0.471. The Bertz CT molecular complexity index is 620. The Morgan fingerprint density at radius 2 is 1.86 bits per heavy atom. The van der Waals surface area contributed by atoms with E-state index in [1.54, 1.807) is 6.07 Å². The molecule has 3 rings (SSSR count). The monoisotopic (exact) mass is 282 g/mol. The number of hydrogen-bond acceptors (Lipinski definition) is 3. The van der Waals surface area contributed by atoms with E-state index >= 15 is 0 Å². The molecule has 2 aromatic rings. The van der Waals surface area contributed by atoms with Crippen molar-refractivity contribution in [3.63, 3.8) is 0 Å². The highest BCUT2D eigenvalue weighted by Gasteiger charge is 2.20. The third-order valence-corrected chi connectivity index (χ3v) is 4.17. The maximum Gasteiger partial charge on any atom is 0.115 e. The summed E-state index contributed by atoms with van der Waals surface area (Å²) in [4.78, 5) is 2.09. The van der Waals surface area contributed by atoms with Crippen LogP contribution < -0.4 is 10.2 Å². The summed E-state index contributed by atoms with van der Waals surface area (Å²) in [6.45, 7) is 0. The average molecular weight is 282 g/mol. The molecule has 0 heterocycles. The molecule has 0 aliphatic heterocycles. The number of rotatable bonds is 3. The normalized spacial score (nSPS) is 17.1. The zero-order valence-electron chi connectivity index (χ0n) is 12.6. The van der Waals surface area contributed by atoms with Crippen LogP contribution in [0.4, 0.5) is 11.4 Å². The summed E-state index contributed by atoms with van der Waals surface area (Å²) in [6.07, 6.45) is 3.39. The highest BCUT2D eigenvalue weighted by atomic mass is 16.3. The van der Waals surface area contributed by atoms with Crippen LogP contribution in [0.1, 0.15) is 30.0 Å². The molecule has 2 N–H and O–H groups in total. The summed E-state index contributed by atoms with van der Waals surface area (Å²) in [6, 6.07) is 14.5. The fraction of sp³-hybridized carbons (Fsp3) is 0.333. The summed E-state index contributed by atoms with van der Waals surface area (Å²) >= 11 is 0. The van der Waals surface area contributed by atoms with Crippen molar-refractivity contribution in [2.24, 2.45) is 0 Å². The zero-order valence-corrected chi connectivity index (χ0v) is 12.6. The summed E-state index contributed by atoms with van der Waals surface area (Å²) in [5, 5.41) is 13.3. The van der Waals surface area contributed by atoms with Crippen LogP contribution in [0.3, 0.4) is 0 Å². The van der Waals surface area contributed by atoms with Crippen molar-refractivity contribution in [3.8, 4) is 5.75 Å². The van der Waals surface area contributed by atoms with Crippen LogP contribution in [0.25, 0.3) is 0 Å². The number of aryl methyl sites for hydroxylation is 1. The number of anilines is 2. The fourth-order valence-corrected chi connectivity index (χ4v) is 2.99. The van der Waals surface area contributed by atoms with Gasteiger partial charge in [0.25, 0.3) is 0 Å². The lowest BCUT2D eigenvalue weighted by atomic mass is 9.87. The van der Waals surface area contributed by atoms with Crippen LogP contribution in [-0.2, 0) is 6.42 Å². The van der Waals surface area contributed by atoms with Gasteiger partial charge in [0.15, 0.2) is 0 Å². The molecule has 0 aromatic heterocycles. The molecule has 0 amide bonds. The highest BCUT2D eigenvalue weighted by Crippen LogP contribution is 2.34. The highest BCUT2D eigenvalue weighted by molar-refractivity contribution is 5.56. The van der Waals surface area contributed by atoms with Gasteiger partial charge >= 0.3 is 0 Å². The van der Waals surface area contributed by atoms with Crippen LogP contribution >= 0.6 is 0 Å². The second-order valence-electron chi connectivity index (χ2n) is 5.91. The number of phenols is 1. The maximum absolute atomic E-state index is 9.74. The van der Waals surface area contributed by atoms with Crippen LogP contribution in [0.2, 0.25) is 0 Å². The van der Waals surface area contributed by atoms with Crippen molar-refractivity contribution in [1.82, 2.24) is 0 Å². The first-order valence-corrected chi connectivity index (χ1v) is 7.49. The van der Waals surface area contributed by atoms with E-state index in [0.717, 1.165) is 18.5 Å². The first-order valence-electron chi connectivity index (χ1n) is 7.49. The third kappa shape index (κ3) is 2.97. The molecule has 0 fully saturated rings. The lowest BCUT2D eigenvalue weighted by Crippen LogP contribution is -2.17. The minimum Gasteiger partial charge on any atom is -0.508 e. The van der Waals surface area contributed by atoms with Gasteiger partial charge in [-0.1, -0.05) is 6.07 Å². The van der Waals surface area contributed by atoms with E-state index in [1.165, 1.54) is 23.2 Å². The molecule has 0 bridgehead atoms. The van der Waals surface area contributed by atoms with Gasteiger partial charge in [-0.25, -0.2) is 0 Å². The topological polar surface area (TPSA) is 35.5 Å². The first kappa shape index (κ1) is 13.8. The van der Waals surface area contributed by atoms with Crippen molar-refractivity contribution in [2.75, 3.05) is 24.3 Å². The number of hydrogen-bond donors (Lipinski definition) is 2. The molecule has 3 heteroatoms. The van der Waals surface area contributed by atoms with E-state index in [4.69, 9.17) is 0 Å². The maximum atomic E-state index is 9.74. The Labute approximate surface area is 126 Å². The van der Waals surface area contributed by atoms with Gasteiger partial charge in [-0.15, -0.1) is 0 Å². The SMILES string of the molecule is CN(C)c1ccc(NC2CCCc3ccc(O)cc32)cc1.